The van der Waals surface area contributed by atoms with Gasteiger partial charge in [0, 0.05) is 19.1 Å². The number of likely N-dealkylation sites (tertiary alicyclic amines) is 1. The van der Waals surface area contributed by atoms with Gasteiger partial charge < -0.3 is 5.32 Å². The van der Waals surface area contributed by atoms with E-state index in [0.717, 1.165) is 30.7 Å². The van der Waals surface area contributed by atoms with Gasteiger partial charge in [-0.15, -0.1) is 0 Å². The van der Waals surface area contributed by atoms with Crippen LogP contribution in [-0.4, -0.2) is 40.4 Å². The average Bonchev–Trinajstić information content (AvgIpc) is 3.12. The Kier molecular flexibility index (Phi) is 5.02. The summed E-state index contributed by atoms with van der Waals surface area (Å²) in [6, 6.07) is 0.794. The molecule has 3 rings (SSSR count). The van der Waals surface area contributed by atoms with Crippen molar-refractivity contribution in [2.75, 3.05) is 19.6 Å². The fourth-order valence-electron chi connectivity index (χ4n) is 3.86. The first-order valence-electron chi connectivity index (χ1n) is 8.36. The number of nitrogens with zero attached hydrogens (tertiary/aromatic N) is 3. The first-order chi connectivity index (χ1) is 10.2. The summed E-state index contributed by atoms with van der Waals surface area (Å²) in [6.07, 6.45) is 5.44. The highest BCUT2D eigenvalue weighted by atomic mass is 79.9. The summed E-state index contributed by atoms with van der Waals surface area (Å²) in [5, 5.41) is 8.29. The van der Waals surface area contributed by atoms with E-state index in [2.05, 4.69) is 49.8 Å². The van der Waals surface area contributed by atoms with Gasteiger partial charge in [-0.2, -0.15) is 5.10 Å². The third kappa shape index (κ3) is 3.35. The van der Waals surface area contributed by atoms with Crippen LogP contribution in [0.2, 0.25) is 0 Å². The lowest BCUT2D eigenvalue weighted by molar-refractivity contribution is 0.154. The van der Waals surface area contributed by atoms with Crippen molar-refractivity contribution in [3.8, 4) is 0 Å². The summed E-state index contributed by atoms with van der Waals surface area (Å²) < 4.78 is 3.34. The zero-order valence-electron chi connectivity index (χ0n) is 13.2. The quantitative estimate of drug-likeness (QED) is 0.902. The number of rotatable bonds is 4. The van der Waals surface area contributed by atoms with Gasteiger partial charge in [-0.3, -0.25) is 9.58 Å². The number of aromatic nitrogens is 2. The molecule has 0 aromatic carbocycles. The molecule has 21 heavy (non-hydrogen) atoms. The van der Waals surface area contributed by atoms with Gasteiger partial charge in [0.15, 0.2) is 0 Å². The molecule has 1 aromatic heterocycles. The number of halogens is 1. The SMILES string of the molecule is CCn1nc(C)c(Br)c1CN1CCC(C2CCCN2)CC1. The van der Waals surface area contributed by atoms with Crippen LogP contribution in [0, 0.1) is 12.8 Å². The van der Waals surface area contributed by atoms with Crippen LogP contribution in [0.4, 0.5) is 0 Å². The smallest absolute Gasteiger partial charge is 0.0739 e. The first-order valence-corrected chi connectivity index (χ1v) is 9.16. The molecule has 0 aliphatic carbocycles. The van der Waals surface area contributed by atoms with E-state index in [-0.39, 0.29) is 0 Å². The van der Waals surface area contributed by atoms with Gasteiger partial charge in [-0.1, -0.05) is 0 Å². The molecule has 2 aliphatic rings. The molecule has 0 saturated carbocycles. The van der Waals surface area contributed by atoms with Crippen LogP contribution in [0.5, 0.6) is 0 Å². The molecule has 1 atom stereocenters. The molecule has 2 saturated heterocycles. The third-order valence-corrected chi connectivity index (χ3v) is 6.16. The third-order valence-electron chi connectivity index (χ3n) is 5.13. The second-order valence-electron chi connectivity index (χ2n) is 6.48. The van der Waals surface area contributed by atoms with E-state index in [1.807, 2.05) is 0 Å². The van der Waals surface area contributed by atoms with Crippen molar-refractivity contribution in [1.82, 2.24) is 20.0 Å². The largest absolute Gasteiger partial charge is 0.314 e. The summed E-state index contributed by atoms with van der Waals surface area (Å²) in [4.78, 5) is 2.60. The van der Waals surface area contributed by atoms with E-state index in [1.54, 1.807) is 0 Å². The van der Waals surface area contributed by atoms with E-state index in [4.69, 9.17) is 0 Å². The standard InChI is InChI=1S/C16H27BrN4/c1-3-21-15(16(17)12(2)19-21)11-20-9-6-13(7-10-20)14-5-4-8-18-14/h13-14,18H,3-11H2,1-2H3. The molecule has 0 bridgehead atoms. The summed E-state index contributed by atoms with van der Waals surface area (Å²) in [5.74, 6) is 0.894. The topological polar surface area (TPSA) is 33.1 Å². The predicted molar refractivity (Wildman–Crippen MR) is 89.4 cm³/mol. The highest BCUT2D eigenvalue weighted by Crippen LogP contribution is 2.28. The van der Waals surface area contributed by atoms with Crippen LogP contribution >= 0.6 is 15.9 Å². The monoisotopic (exact) mass is 354 g/mol. The van der Waals surface area contributed by atoms with Crippen molar-refractivity contribution >= 4 is 15.9 Å². The molecule has 118 valence electrons. The number of piperidine rings is 1. The Morgan fingerprint density at radius 2 is 2.05 bits per heavy atom. The van der Waals surface area contributed by atoms with E-state index in [0.29, 0.717) is 0 Å². The Balaban J connectivity index is 1.58. The highest BCUT2D eigenvalue weighted by molar-refractivity contribution is 9.10. The lowest BCUT2D eigenvalue weighted by atomic mass is 9.88. The molecule has 0 amide bonds. The molecule has 5 heteroatoms. The molecule has 1 unspecified atom stereocenters. The molecule has 4 nitrogen and oxygen atoms in total. The normalized spacial score (nSPS) is 24.8. The van der Waals surface area contributed by atoms with Crippen LogP contribution in [-0.2, 0) is 13.1 Å². The first kappa shape index (κ1) is 15.5. The molecule has 2 fully saturated rings. The maximum Gasteiger partial charge on any atom is 0.0739 e. The Morgan fingerprint density at radius 3 is 2.67 bits per heavy atom. The lowest BCUT2D eigenvalue weighted by Crippen LogP contribution is -2.40. The minimum absolute atomic E-state index is 0.794. The molecular weight excluding hydrogens is 328 g/mol. The zero-order chi connectivity index (χ0) is 14.8. The summed E-state index contributed by atoms with van der Waals surface area (Å²) >= 11 is 3.71. The Hall–Kier alpha value is -0.390. The molecule has 0 radical (unpaired) electrons. The van der Waals surface area contributed by atoms with Crippen molar-refractivity contribution in [3.63, 3.8) is 0 Å². The van der Waals surface area contributed by atoms with Gasteiger partial charge in [0.2, 0.25) is 0 Å². The van der Waals surface area contributed by atoms with Crippen molar-refractivity contribution < 1.29 is 0 Å². The maximum absolute atomic E-state index is 4.61. The second kappa shape index (κ2) is 6.80. The fourth-order valence-corrected chi connectivity index (χ4v) is 4.27. The minimum atomic E-state index is 0.794. The second-order valence-corrected chi connectivity index (χ2v) is 7.27. The van der Waals surface area contributed by atoms with Crippen LogP contribution in [0.25, 0.3) is 0 Å². The molecular formula is C16H27BrN4. The molecule has 0 spiro atoms. The maximum atomic E-state index is 4.61. The lowest BCUT2D eigenvalue weighted by Gasteiger charge is -2.35. The van der Waals surface area contributed by atoms with E-state index in [1.165, 1.54) is 55.5 Å². The number of aryl methyl sites for hydroxylation is 2. The Bertz CT molecular complexity index is 471. The minimum Gasteiger partial charge on any atom is -0.314 e. The van der Waals surface area contributed by atoms with Gasteiger partial charge in [0.25, 0.3) is 0 Å². The van der Waals surface area contributed by atoms with Gasteiger partial charge in [0.05, 0.1) is 15.9 Å². The van der Waals surface area contributed by atoms with Crippen molar-refractivity contribution in [2.24, 2.45) is 5.92 Å². The number of hydrogen-bond donors (Lipinski definition) is 1. The van der Waals surface area contributed by atoms with Crippen molar-refractivity contribution in [1.29, 1.82) is 0 Å². The van der Waals surface area contributed by atoms with Crippen molar-refractivity contribution in [2.45, 2.75) is 58.7 Å². The van der Waals surface area contributed by atoms with E-state index >= 15 is 0 Å². The fraction of sp³-hybridized carbons (Fsp3) is 0.812. The highest BCUT2D eigenvalue weighted by Gasteiger charge is 2.28. The van der Waals surface area contributed by atoms with Gasteiger partial charge >= 0.3 is 0 Å². The number of hydrogen-bond acceptors (Lipinski definition) is 3. The molecule has 1 aromatic rings. The van der Waals surface area contributed by atoms with Crippen molar-refractivity contribution in [3.05, 3.63) is 15.9 Å². The van der Waals surface area contributed by atoms with Gasteiger partial charge in [-0.05, 0) is 81.0 Å². The van der Waals surface area contributed by atoms with Gasteiger partial charge in [0.1, 0.15) is 0 Å². The van der Waals surface area contributed by atoms with Crippen LogP contribution in [0.15, 0.2) is 4.47 Å². The van der Waals surface area contributed by atoms with E-state index in [9.17, 15) is 0 Å². The van der Waals surface area contributed by atoms with Crippen LogP contribution < -0.4 is 5.32 Å². The summed E-state index contributed by atoms with van der Waals surface area (Å²) in [5.41, 5.74) is 2.45. The van der Waals surface area contributed by atoms with Gasteiger partial charge in [-0.25, -0.2) is 0 Å². The zero-order valence-corrected chi connectivity index (χ0v) is 14.8. The van der Waals surface area contributed by atoms with Crippen LogP contribution in [0.1, 0.15) is 44.0 Å². The molecule has 1 N–H and O–H groups in total. The van der Waals surface area contributed by atoms with E-state index < -0.39 is 0 Å². The summed E-state index contributed by atoms with van der Waals surface area (Å²) in [7, 11) is 0. The van der Waals surface area contributed by atoms with Crippen LogP contribution in [0.3, 0.4) is 0 Å². The molecule has 2 aliphatic heterocycles. The predicted octanol–water partition coefficient (Wildman–Crippen LogP) is 2.94. The summed E-state index contributed by atoms with van der Waals surface area (Å²) in [6.45, 7) is 9.90. The molecule has 3 heterocycles. The Morgan fingerprint density at radius 1 is 1.29 bits per heavy atom. The number of nitrogens with one attached hydrogen (secondary N) is 1. The Labute approximate surface area is 136 Å². The average molecular weight is 355 g/mol.